The Morgan fingerprint density at radius 3 is 2.53 bits per heavy atom. The van der Waals surface area contributed by atoms with Crippen LogP contribution in [-0.2, 0) is 10.0 Å². The lowest BCUT2D eigenvalue weighted by molar-refractivity contribution is 0.208. The summed E-state index contributed by atoms with van der Waals surface area (Å²) < 4.78 is 38.9. The predicted molar refractivity (Wildman–Crippen MR) is 62.9 cm³/mol. The summed E-state index contributed by atoms with van der Waals surface area (Å²) in [6.07, 6.45) is 0. The fourth-order valence-electron chi connectivity index (χ4n) is 1.10. The first-order valence-corrected chi connectivity index (χ1v) is 6.64. The summed E-state index contributed by atoms with van der Waals surface area (Å²) in [7, 11) is -3.83. The summed E-state index contributed by atoms with van der Waals surface area (Å²) in [5.41, 5.74) is -1.00. The molecule has 0 spiro atoms. The molecule has 0 saturated carbocycles. The number of halogens is 2. The molecule has 4 nitrogen and oxygen atoms in total. The van der Waals surface area contributed by atoms with E-state index in [-0.39, 0.29) is 16.5 Å². The number of benzene rings is 1. The molecule has 7 heteroatoms. The highest BCUT2D eigenvalue weighted by Crippen LogP contribution is 2.20. The van der Waals surface area contributed by atoms with Gasteiger partial charge in [0.05, 0.1) is 22.1 Å². The van der Waals surface area contributed by atoms with Crippen LogP contribution < -0.4 is 4.72 Å². The third kappa shape index (κ3) is 3.64. The molecule has 0 radical (unpaired) electrons. The number of aliphatic hydroxyl groups excluding tert-OH is 1. The van der Waals surface area contributed by atoms with Gasteiger partial charge in [0.25, 0.3) is 0 Å². The van der Waals surface area contributed by atoms with E-state index in [1.807, 2.05) is 0 Å². The first-order chi connectivity index (χ1) is 7.68. The Labute approximate surface area is 104 Å². The smallest absolute Gasteiger partial charge is 0.241 e. The molecule has 17 heavy (non-hydrogen) atoms. The maximum Gasteiger partial charge on any atom is 0.241 e. The fourth-order valence-corrected chi connectivity index (χ4v) is 2.77. The molecule has 0 aliphatic carbocycles. The van der Waals surface area contributed by atoms with Gasteiger partial charge in [-0.1, -0.05) is 11.6 Å². The molecule has 0 bridgehead atoms. The zero-order valence-corrected chi connectivity index (χ0v) is 10.9. The molecule has 0 unspecified atom stereocenters. The van der Waals surface area contributed by atoms with Crippen molar-refractivity contribution in [1.29, 1.82) is 0 Å². The lowest BCUT2D eigenvalue weighted by Gasteiger charge is -2.23. The predicted octanol–water partition coefficient (Wildman–Crippen LogP) is 1.53. The van der Waals surface area contributed by atoms with E-state index in [0.717, 1.165) is 18.2 Å². The van der Waals surface area contributed by atoms with Gasteiger partial charge >= 0.3 is 0 Å². The molecule has 1 aromatic carbocycles. The molecule has 1 rings (SSSR count). The fraction of sp³-hybridized carbons (Fsp3) is 0.400. The Bertz CT molecular complexity index is 516. The van der Waals surface area contributed by atoms with Crippen molar-refractivity contribution >= 4 is 21.6 Å². The van der Waals surface area contributed by atoms with E-state index in [2.05, 4.69) is 4.72 Å². The molecular formula is C10H13ClFNO3S. The van der Waals surface area contributed by atoms with Crippen LogP contribution in [0.2, 0.25) is 5.02 Å². The summed E-state index contributed by atoms with van der Waals surface area (Å²) >= 11 is 5.51. The molecule has 96 valence electrons. The second-order valence-corrected chi connectivity index (χ2v) is 6.31. The molecule has 0 atom stereocenters. The van der Waals surface area contributed by atoms with Crippen molar-refractivity contribution in [2.45, 2.75) is 24.3 Å². The largest absolute Gasteiger partial charge is 0.394 e. The van der Waals surface area contributed by atoms with Crippen molar-refractivity contribution in [3.8, 4) is 0 Å². The quantitative estimate of drug-likeness (QED) is 0.879. The number of rotatable bonds is 4. The third-order valence-corrected chi connectivity index (χ3v) is 3.99. The van der Waals surface area contributed by atoms with E-state index in [1.165, 1.54) is 13.8 Å². The van der Waals surface area contributed by atoms with Crippen LogP contribution in [-0.4, -0.2) is 25.7 Å². The van der Waals surface area contributed by atoms with Gasteiger partial charge in [0.1, 0.15) is 5.82 Å². The SMILES string of the molecule is CC(C)(CO)NS(=O)(=O)c1ccc(F)c(Cl)c1. The Morgan fingerprint density at radius 1 is 1.47 bits per heavy atom. The molecule has 0 aliphatic heterocycles. The second kappa shape index (κ2) is 4.89. The molecule has 0 aromatic heterocycles. The maximum absolute atomic E-state index is 12.9. The lowest BCUT2D eigenvalue weighted by Crippen LogP contribution is -2.46. The van der Waals surface area contributed by atoms with Crippen molar-refractivity contribution < 1.29 is 17.9 Å². The highest BCUT2D eigenvalue weighted by Gasteiger charge is 2.25. The minimum Gasteiger partial charge on any atom is -0.394 e. The normalized spacial score (nSPS) is 12.8. The van der Waals surface area contributed by atoms with E-state index in [9.17, 15) is 12.8 Å². The molecule has 1 aromatic rings. The van der Waals surface area contributed by atoms with Gasteiger partial charge in [0.15, 0.2) is 0 Å². The highest BCUT2D eigenvalue weighted by atomic mass is 35.5. The monoisotopic (exact) mass is 281 g/mol. The van der Waals surface area contributed by atoms with Gasteiger partial charge < -0.3 is 5.11 Å². The van der Waals surface area contributed by atoms with Crippen LogP contribution in [0.1, 0.15) is 13.8 Å². The Kier molecular flexibility index (Phi) is 4.14. The number of aliphatic hydroxyl groups is 1. The van der Waals surface area contributed by atoms with E-state index >= 15 is 0 Å². The van der Waals surface area contributed by atoms with Gasteiger partial charge in [0, 0.05) is 0 Å². The molecule has 0 amide bonds. The topological polar surface area (TPSA) is 66.4 Å². The van der Waals surface area contributed by atoms with E-state index in [1.54, 1.807) is 0 Å². The van der Waals surface area contributed by atoms with Gasteiger partial charge in [-0.2, -0.15) is 0 Å². The van der Waals surface area contributed by atoms with Crippen LogP contribution in [0.4, 0.5) is 4.39 Å². The number of nitrogens with one attached hydrogen (secondary N) is 1. The van der Waals surface area contributed by atoms with E-state index in [0.29, 0.717) is 0 Å². The molecule has 0 aliphatic rings. The average Bonchev–Trinajstić information content (AvgIpc) is 2.20. The van der Waals surface area contributed by atoms with Crippen molar-refractivity contribution in [3.05, 3.63) is 29.0 Å². The molecule has 0 saturated heterocycles. The van der Waals surface area contributed by atoms with Crippen LogP contribution in [0.5, 0.6) is 0 Å². The maximum atomic E-state index is 12.9. The van der Waals surface area contributed by atoms with Gasteiger partial charge in [-0.3, -0.25) is 0 Å². The summed E-state index contributed by atoms with van der Waals surface area (Å²) in [5.74, 6) is -0.688. The molecule has 0 heterocycles. The zero-order chi connectivity index (χ0) is 13.3. The standard InChI is InChI=1S/C10H13ClFNO3S/c1-10(2,6-14)13-17(15,16)7-3-4-9(12)8(11)5-7/h3-5,13-14H,6H2,1-2H3. The van der Waals surface area contributed by atoms with Crippen molar-refractivity contribution in [2.75, 3.05) is 6.61 Å². The first kappa shape index (κ1) is 14.4. The van der Waals surface area contributed by atoms with Crippen LogP contribution >= 0.6 is 11.6 Å². The molecular weight excluding hydrogens is 269 g/mol. The van der Waals surface area contributed by atoms with Crippen molar-refractivity contribution in [3.63, 3.8) is 0 Å². The van der Waals surface area contributed by atoms with Crippen molar-refractivity contribution in [2.24, 2.45) is 0 Å². The number of hydrogen-bond acceptors (Lipinski definition) is 3. The Hall–Kier alpha value is -0.690. The van der Waals surface area contributed by atoms with Crippen LogP contribution in [0.25, 0.3) is 0 Å². The second-order valence-electron chi connectivity index (χ2n) is 4.22. The summed E-state index contributed by atoms with van der Waals surface area (Å²) in [4.78, 5) is -0.148. The van der Waals surface area contributed by atoms with Crippen LogP contribution in [0, 0.1) is 5.82 Å². The van der Waals surface area contributed by atoms with E-state index in [4.69, 9.17) is 16.7 Å². The first-order valence-electron chi connectivity index (χ1n) is 4.78. The minimum atomic E-state index is -3.83. The third-order valence-electron chi connectivity index (χ3n) is 2.01. The molecule has 0 fully saturated rings. The summed E-state index contributed by atoms with van der Waals surface area (Å²) in [5, 5.41) is 8.72. The summed E-state index contributed by atoms with van der Waals surface area (Å²) in [6, 6.07) is 3.10. The number of hydrogen-bond donors (Lipinski definition) is 2. The van der Waals surface area contributed by atoms with Gasteiger partial charge in [-0.25, -0.2) is 17.5 Å². The minimum absolute atomic E-state index is 0.148. The highest BCUT2D eigenvalue weighted by molar-refractivity contribution is 7.89. The number of sulfonamides is 1. The summed E-state index contributed by atoms with van der Waals surface area (Å²) in [6.45, 7) is 2.69. The van der Waals surface area contributed by atoms with Gasteiger partial charge in [0.2, 0.25) is 10.0 Å². The lowest BCUT2D eigenvalue weighted by atomic mass is 10.1. The Balaban J connectivity index is 3.10. The van der Waals surface area contributed by atoms with Crippen LogP contribution in [0.15, 0.2) is 23.1 Å². The van der Waals surface area contributed by atoms with Gasteiger partial charge in [-0.05, 0) is 32.0 Å². The average molecular weight is 282 g/mol. The van der Waals surface area contributed by atoms with Crippen LogP contribution in [0.3, 0.4) is 0 Å². The van der Waals surface area contributed by atoms with Crippen molar-refractivity contribution in [1.82, 2.24) is 4.72 Å². The molecule has 2 N–H and O–H groups in total. The zero-order valence-electron chi connectivity index (χ0n) is 9.37. The van der Waals surface area contributed by atoms with Gasteiger partial charge in [-0.15, -0.1) is 0 Å². The Morgan fingerprint density at radius 2 is 2.06 bits per heavy atom. The van der Waals surface area contributed by atoms with E-state index < -0.39 is 21.4 Å².